The van der Waals surface area contributed by atoms with Gasteiger partial charge < -0.3 is 5.73 Å². The van der Waals surface area contributed by atoms with Gasteiger partial charge in [0.25, 0.3) is 10.1 Å². The molecule has 0 bridgehead atoms. The van der Waals surface area contributed by atoms with Crippen molar-refractivity contribution >= 4 is 16.0 Å². The van der Waals surface area contributed by atoms with Gasteiger partial charge in [-0.15, -0.1) is 6.58 Å². The van der Waals surface area contributed by atoms with E-state index in [-0.39, 0.29) is 11.5 Å². The van der Waals surface area contributed by atoms with E-state index in [4.69, 9.17) is 0 Å². The average molecular weight is 269 g/mol. The molecular weight excluding hydrogens is 254 g/mol. The van der Waals surface area contributed by atoms with Gasteiger partial charge >= 0.3 is 0 Å². The summed E-state index contributed by atoms with van der Waals surface area (Å²) in [6.07, 6.45) is 2.44. The van der Waals surface area contributed by atoms with Crippen LogP contribution in [-0.2, 0) is 19.1 Å². The summed E-state index contributed by atoms with van der Waals surface area (Å²) >= 11 is 0. The van der Waals surface area contributed by atoms with E-state index < -0.39 is 16.0 Å². The van der Waals surface area contributed by atoms with Gasteiger partial charge in [0.1, 0.15) is 0 Å². The van der Waals surface area contributed by atoms with Crippen LogP contribution in [0.1, 0.15) is 0 Å². The smallest absolute Gasteiger partial charge is 0.297 e. The second kappa shape index (κ2) is 8.21. The predicted octanol–water partition coefficient (Wildman–Crippen LogP) is 1.24. The highest BCUT2D eigenvalue weighted by Crippen LogP contribution is 2.10. The Hall–Kier alpha value is -1.92. The molecule has 5 nitrogen and oxygen atoms in total. The first-order valence-corrected chi connectivity index (χ1v) is 6.32. The van der Waals surface area contributed by atoms with Gasteiger partial charge in [0, 0.05) is 0 Å². The maximum Gasteiger partial charge on any atom is 0.297 e. The van der Waals surface area contributed by atoms with Crippen molar-refractivity contribution in [1.82, 2.24) is 0 Å². The molecule has 1 amide bonds. The second-order valence-corrected chi connectivity index (χ2v) is 4.56. The Balaban J connectivity index is 0.000000494. The highest BCUT2D eigenvalue weighted by molar-refractivity contribution is 7.86. The van der Waals surface area contributed by atoms with Gasteiger partial charge in [-0.1, -0.05) is 30.9 Å². The summed E-state index contributed by atoms with van der Waals surface area (Å²) in [5.41, 5.74) is 4.53. The molecule has 0 aliphatic carbocycles. The van der Waals surface area contributed by atoms with E-state index in [1.165, 1.54) is 18.2 Å². The van der Waals surface area contributed by atoms with Crippen molar-refractivity contribution < 1.29 is 17.4 Å². The van der Waals surface area contributed by atoms with Crippen molar-refractivity contribution in [2.45, 2.75) is 4.90 Å². The molecule has 0 aromatic heterocycles. The molecule has 0 fully saturated rings. The Morgan fingerprint density at radius 2 is 1.78 bits per heavy atom. The molecule has 0 unspecified atom stereocenters. The summed E-state index contributed by atoms with van der Waals surface area (Å²) in [6, 6.07) is 8.00. The molecule has 1 rings (SSSR count). The Morgan fingerprint density at radius 1 is 1.28 bits per heavy atom. The summed E-state index contributed by atoms with van der Waals surface area (Å²) in [4.78, 5) is 9.64. The van der Waals surface area contributed by atoms with Gasteiger partial charge in [0.2, 0.25) is 5.91 Å². The second-order valence-electron chi connectivity index (χ2n) is 2.95. The Bertz CT molecular complexity index is 494. The zero-order valence-corrected chi connectivity index (χ0v) is 10.6. The van der Waals surface area contributed by atoms with Crippen LogP contribution in [0.4, 0.5) is 0 Å². The lowest BCUT2D eigenvalue weighted by molar-refractivity contribution is -0.113. The number of amides is 1. The van der Waals surface area contributed by atoms with Gasteiger partial charge in [-0.3, -0.25) is 8.98 Å². The van der Waals surface area contributed by atoms with Crippen LogP contribution in [0.15, 0.2) is 60.5 Å². The van der Waals surface area contributed by atoms with Crippen LogP contribution in [0.2, 0.25) is 0 Å². The van der Waals surface area contributed by atoms with E-state index in [1.54, 1.807) is 18.2 Å². The van der Waals surface area contributed by atoms with E-state index in [1.807, 2.05) is 0 Å². The Labute approximate surface area is 107 Å². The first kappa shape index (κ1) is 16.1. The molecule has 0 aliphatic heterocycles. The molecule has 0 atom stereocenters. The maximum atomic E-state index is 11.3. The molecule has 6 heteroatoms. The number of rotatable bonds is 5. The summed E-state index contributed by atoms with van der Waals surface area (Å²) in [6.45, 7) is 6.45. The maximum absolute atomic E-state index is 11.3. The van der Waals surface area contributed by atoms with Gasteiger partial charge in [0.05, 0.1) is 11.5 Å². The van der Waals surface area contributed by atoms with Crippen LogP contribution in [-0.4, -0.2) is 20.9 Å². The fourth-order valence-corrected chi connectivity index (χ4v) is 1.69. The van der Waals surface area contributed by atoms with Crippen LogP contribution < -0.4 is 5.73 Å². The van der Waals surface area contributed by atoms with Crippen molar-refractivity contribution in [3.63, 3.8) is 0 Å². The number of hydrogen-bond acceptors (Lipinski definition) is 4. The topological polar surface area (TPSA) is 86.5 Å². The number of carbonyl (C=O) groups excluding carboxylic acids is 1. The first-order valence-electron chi connectivity index (χ1n) is 4.91. The average Bonchev–Trinajstić information content (AvgIpc) is 2.38. The molecule has 0 saturated carbocycles. The zero-order chi connectivity index (χ0) is 14.0. The van der Waals surface area contributed by atoms with Crippen LogP contribution in [0, 0.1) is 0 Å². The van der Waals surface area contributed by atoms with E-state index in [0.717, 1.165) is 6.08 Å². The minimum atomic E-state index is -3.59. The molecule has 0 aliphatic rings. The van der Waals surface area contributed by atoms with Crippen LogP contribution in [0.3, 0.4) is 0 Å². The summed E-state index contributed by atoms with van der Waals surface area (Å²) in [7, 11) is -3.59. The van der Waals surface area contributed by atoms with Crippen LogP contribution >= 0.6 is 0 Å². The highest BCUT2D eigenvalue weighted by Gasteiger charge is 2.12. The fraction of sp³-hybridized carbons (Fsp3) is 0.0833. The lowest BCUT2D eigenvalue weighted by Crippen LogP contribution is -2.05. The molecule has 1 aromatic carbocycles. The fourth-order valence-electron chi connectivity index (χ4n) is 0.793. The molecule has 1 aromatic rings. The monoisotopic (exact) mass is 269 g/mol. The number of hydrogen-bond donors (Lipinski definition) is 1. The molecule has 0 heterocycles. The normalized spacial score (nSPS) is 9.78. The molecule has 0 saturated heterocycles. The van der Waals surface area contributed by atoms with Gasteiger partial charge in [-0.25, -0.2) is 0 Å². The standard InChI is InChI=1S/C9H10O3S.C3H5NO/c1-2-8-12-13(10,11)9-6-4-3-5-7-9;1-2-3(4)5/h2-7H,1,8H2;2H,1H2,(H2,4,5). The van der Waals surface area contributed by atoms with Gasteiger partial charge in [-0.05, 0) is 18.2 Å². The van der Waals surface area contributed by atoms with Crippen LogP contribution in [0.5, 0.6) is 0 Å². The van der Waals surface area contributed by atoms with Crippen molar-refractivity contribution in [2.75, 3.05) is 6.61 Å². The summed E-state index contributed by atoms with van der Waals surface area (Å²) < 4.78 is 27.3. The number of primary amides is 1. The SMILES string of the molecule is C=CC(N)=O.C=CCOS(=O)(=O)c1ccccc1. The minimum absolute atomic E-state index is 0.00275. The molecule has 2 N–H and O–H groups in total. The van der Waals surface area contributed by atoms with Gasteiger partial charge in [-0.2, -0.15) is 8.42 Å². The third-order valence-electron chi connectivity index (χ3n) is 1.57. The predicted molar refractivity (Wildman–Crippen MR) is 69.2 cm³/mol. The van der Waals surface area contributed by atoms with Crippen LogP contribution in [0.25, 0.3) is 0 Å². The van der Waals surface area contributed by atoms with E-state index in [9.17, 15) is 13.2 Å². The Morgan fingerprint density at radius 3 is 2.17 bits per heavy atom. The lowest BCUT2D eigenvalue weighted by atomic mass is 10.4. The van der Waals surface area contributed by atoms with Crippen molar-refractivity contribution in [3.8, 4) is 0 Å². The van der Waals surface area contributed by atoms with Crippen molar-refractivity contribution in [2.24, 2.45) is 5.73 Å². The molecular formula is C12H15NO4S. The zero-order valence-electron chi connectivity index (χ0n) is 9.78. The Kier molecular flexibility index (Phi) is 7.34. The summed E-state index contributed by atoms with van der Waals surface area (Å²) in [5.74, 6) is -0.481. The number of benzene rings is 1. The molecule has 98 valence electrons. The number of nitrogens with two attached hydrogens (primary N) is 1. The van der Waals surface area contributed by atoms with E-state index >= 15 is 0 Å². The van der Waals surface area contributed by atoms with Crippen molar-refractivity contribution in [1.29, 1.82) is 0 Å². The third kappa shape index (κ3) is 6.62. The largest absolute Gasteiger partial charge is 0.366 e. The molecule has 18 heavy (non-hydrogen) atoms. The third-order valence-corrected chi connectivity index (χ3v) is 2.87. The quantitative estimate of drug-likeness (QED) is 0.495. The van der Waals surface area contributed by atoms with Crippen molar-refractivity contribution in [3.05, 3.63) is 55.6 Å². The minimum Gasteiger partial charge on any atom is -0.366 e. The lowest BCUT2D eigenvalue weighted by Gasteiger charge is -2.01. The first-order chi connectivity index (χ1) is 8.44. The summed E-state index contributed by atoms with van der Waals surface area (Å²) in [5, 5.41) is 0. The van der Waals surface area contributed by atoms with Gasteiger partial charge in [0.15, 0.2) is 0 Å². The molecule has 0 radical (unpaired) electrons. The highest BCUT2D eigenvalue weighted by atomic mass is 32.2. The number of carbonyl (C=O) groups is 1. The van der Waals surface area contributed by atoms with E-state index in [2.05, 4.69) is 23.1 Å². The molecule has 0 spiro atoms. The van der Waals surface area contributed by atoms with E-state index in [0.29, 0.717) is 0 Å².